The molecule has 1 aromatic carbocycles. The predicted molar refractivity (Wildman–Crippen MR) is 65.4 cm³/mol. The summed E-state index contributed by atoms with van der Waals surface area (Å²) in [6, 6.07) is 7.23. The molecule has 1 atom stereocenters. The van der Waals surface area contributed by atoms with Gasteiger partial charge in [0.2, 0.25) is 0 Å². The number of nitrogens with zero attached hydrogens (tertiary/aromatic N) is 1. The summed E-state index contributed by atoms with van der Waals surface area (Å²) in [6.45, 7) is 1.98. The van der Waals surface area contributed by atoms with Gasteiger partial charge in [0.1, 0.15) is 0 Å². The molecule has 1 aliphatic rings. The van der Waals surface area contributed by atoms with Gasteiger partial charge in [-0.2, -0.15) is 0 Å². The molecule has 1 saturated heterocycles. The average Bonchev–Trinajstić information content (AvgIpc) is 2.29. The van der Waals surface area contributed by atoms with Crippen molar-refractivity contribution in [3.63, 3.8) is 0 Å². The maximum absolute atomic E-state index is 12.2. The van der Waals surface area contributed by atoms with Crippen molar-refractivity contribution < 1.29 is 4.79 Å². The van der Waals surface area contributed by atoms with Crippen molar-refractivity contribution in [3.05, 3.63) is 29.8 Å². The van der Waals surface area contributed by atoms with Crippen molar-refractivity contribution in [1.82, 2.24) is 4.90 Å². The molecule has 0 aromatic heterocycles. The minimum absolute atomic E-state index is 0.155. The van der Waals surface area contributed by atoms with Gasteiger partial charge in [0.05, 0.1) is 0 Å². The Morgan fingerprint density at radius 2 is 2.06 bits per heavy atom. The van der Waals surface area contributed by atoms with Gasteiger partial charge in [0.25, 0.3) is 0 Å². The highest BCUT2D eigenvalue weighted by molar-refractivity contribution is 5.98. The van der Waals surface area contributed by atoms with Gasteiger partial charge < -0.3 is 10.6 Å². The van der Waals surface area contributed by atoms with Gasteiger partial charge in [-0.25, -0.2) is 0 Å². The van der Waals surface area contributed by atoms with Crippen LogP contribution in [0.15, 0.2) is 24.3 Å². The SMILES string of the molecule is CN1CCCC(C(=O)c2ccc(N)cc2)C1. The molecule has 1 aromatic rings. The number of hydrogen-bond donors (Lipinski definition) is 1. The van der Waals surface area contributed by atoms with E-state index >= 15 is 0 Å². The predicted octanol–water partition coefficient (Wildman–Crippen LogP) is 1.79. The highest BCUT2D eigenvalue weighted by Crippen LogP contribution is 2.20. The Bertz CT molecular complexity index is 372. The summed E-state index contributed by atoms with van der Waals surface area (Å²) in [4.78, 5) is 14.4. The van der Waals surface area contributed by atoms with Crippen LogP contribution in [0.4, 0.5) is 5.69 Å². The number of rotatable bonds is 2. The van der Waals surface area contributed by atoms with Gasteiger partial charge in [-0.1, -0.05) is 0 Å². The third kappa shape index (κ3) is 2.42. The Balaban J connectivity index is 2.09. The number of nitrogens with two attached hydrogens (primary N) is 1. The largest absolute Gasteiger partial charge is 0.399 e. The van der Waals surface area contributed by atoms with E-state index in [4.69, 9.17) is 5.73 Å². The molecule has 1 aliphatic heterocycles. The van der Waals surface area contributed by atoms with E-state index in [2.05, 4.69) is 11.9 Å². The molecular weight excluding hydrogens is 200 g/mol. The summed E-state index contributed by atoms with van der Waals surface area (Å²) in [5.41, 5.74) is 7.10. The molecule has 0 bridgehead atoms. The van der Waals surface area contributed by atoms with E-state index in [-0.39, 0.29) is 11.7 Å². The molecular formula is C13H18N2O. The first-order chi connectivity index (χ1) is 7.66. The lowest BCUT2D eigenvalue weighted by molar-refractivity contribution is 0.0843. The Morgan fingerprint density at radius 3 is 2.69 bits per heavy atom. The van der Waals surface area contributed by atoms with Crippen LogP contribution in [0.2, 0.25) is 0 Å². The zero-order valence-electron chi connectivity index (χ0n) is 9.65. The Kier molecular flexibility index (Phi) is 3.25. The van der Waals surface area contributed by atoms with E-state index in [1.807, 2.05) is 12.1 Å². The van der Waals surface area contributed by atoms with E-state index in [0.29, 0.717) is 5.69 Å². The van der Waals surface area contributed by atoms with E-state index < -0.39 is 0 Å². The van der Waals surface area contributed by atoms with E-state index in [0.717, 1.165) is 31.5 Å². The number of anilines is 1. The number of benzene rings is 1. The van der Waals surface area contributed by atoms with Crippen LogP contribution in [-0.4, -0.2) is 30.8 Å². The molecule has 3 heteroatoms. The smallest absolute Gasteiger partial charge is 0.167 e. The highest BCUT2D eigenvalue weighted by Gasteiger charge is 2.24. The highest BCUT2D eigenvalue weighted by atomic mass is 16.1. The van der Waals surface area contributed by atoms with Crippen molar-refractivity contribution in [3.8, 4) is 0 Å². The zero-order chi connectivity index (χ0) is 11.5. The third-order valence-electron chi connectivity index (χ3n) is 3.19. The monoisotopic (exact) mass is 218 g/mol. The van der Waals surface area contributed by atoms with Crippen LogP contribution >= 0.6 is 0 Å². The molecule has 1 unspecified atom stereocenters. The molecule has 2 N–H and O–H groups in total. The first kappa shape index (κ1) is 11.1. The van der Waals surface area contributed by atoms with Crippen LogP contribution in [0, 0.1) is 5.92 Å². The summed E-state index contributed by atoms with van der Waals surface area (Å²) in [7, 11) is 2.07. The van der Waals surface area contributed by atoms with Crippen molar-refractivity contribution in [2.45, 2.75) is 12.8 Å². The number of hydrogen-bond acceptors (Lipinski definition) is 3. The van der Waals surface area contributed by atoms with Gasteiger partial charge in [-0.3, -0.25) is 4.79 Å². The Morgan fingerprint density at radius 1 is 1.38 bits per heavy atom. The van der Waals surface area contributed by atoms with E-state index in [1.54, 1.807) is 12.1 Å². The third-order valence-corrected chi connectivity index (χ3v) is 3.19. The molecule has 1 fully saturated rings. The van der Waals surface area contributed by atoms with E-state index in [1.165, 1.54) is 0 Å². The molecule has 3 nitrogen and oxygen atoms in total. The first-order valence-electron chi connectivity index (χ1n) is 5.75. The summed E-state index contributed by atoms with van der Waals surface area (Å²) >= 11 is 0. The van der Waals surface area contributed by atoms with Crippen molar-refractivity contribution in [1.29, 1.82) is 0 Å². The van der Waals surface area contributed by atoms with Gasteiger partial charge in [0.15, 0.2) is 5.78 Å². The number of nitrogen functional groups attached to an aromatic ring is 1. The fourth-order valence-electron chi connectivity index (χ4n) is 2.26. The molecule has 0 radical (unpaired) electrons. The average molecular weight is 218 g/mol. The Hall–Kier alpha value is -1.35. The van der Waals surface area contributed by atoms with E-state index in [9.17, 15) is 4.79 Å². The van der Waals surface area contributed by atoms with Crippen molar-refractivity contribution >= 4 is 11.5 Å². The standard InChI is InChI=1S/C13H18N2O/c1-15-8-2-3-11(9-15)13(16)10-4-6-12(14)7-5-10/h4-7,11H,2-3,8-9,14H2,1H3. The number of carbonyl (C=O) groups excluding carboxylic acids is 1. The summed E-state index contributed by atoms with van der Waals surface area (Å²) in [5, 5.41) is 0. The number of piperidine rings is 1. The van der Waals surface area contributed by atoms with Crippen molar-refractivity contribution in [2.75, 3.05) is 25.9 Å². The molecule has 16 heavy (non-hydrogen) atoms. The molecule has 2 rings (SSSR count). The lowest BCUT2D eigenvalue weighted by atomic mass is 9.90. The number of Topliss-reactive ketones (excluding diaryl/α,β-unsaturated/α-hetero) is 1. The van der Waals surface area contributed by atoms with Crippen LogP contribution in [0.1, 0.15) is 23.2 Å². The van der Waals surface area contributed by atoms with Crippen LogP contribution < -0.4 is 5.73 Å². The summed E-state index contributed by atoms with van der Waals surface area (Å²) in [5.74, 6) is 0.411. The van der Waals surface area contributed by atoms with Crippen molar-refractivity contribution in [2.24, 2.45) is 5.92 Å². The summed E-state index contributed by atoms with van der Waals surface area (Å²) in [6.07, 6.45) is 2.12. The van der Waals surface area contributed by atoms with Gasteiger partial charge in [0, 0.05) is 23.7 Å². The number of ketones is 1. The fraction of sp³-hybridized carbons (Fsp3) is 0.462. The topological polar surface area (TPSA) is 46.3 Å². The molecule has 1 heterocycles. The van der Waals surface area contributed by atoms with Gasteiger partial charge >= 0.3 is 0 Å². The molecule has 86 valence electrons. The first-order valence-corrected chi connectivity index (χ1v) is 5.75. The normalized spacial score (nSPS) is 21.9. The lowest BCUT2D eigenvalue weighted by Crippen LogP contribution is -2.36. The molecule has 0 aliphatic carbocycles. The molecule has 0 amide bonds. The van der Waals surface area contributed by atoms with Crippen LogP contribution in [-0.2, 0) is 0 Å². The lowest BCUT2D eigenvalue weighted by Gasteiger charge is -2.28. The molecule has 0 spiro atoms. The van der Waals surface area contributed by atoms with Gasteiger partial charge in [-0.05, 0) is 50.7 Å². The number of likely N-dealkylation sites (tertiary alicyclic amines) is 1. The maximum Gasteiger partial charge on any atom is 0.167 e. The van der Waals surface area contributed by atoms with Gasteiger partial charge in [-0.15, -0.1) is 0 Å². The van der Waals surface area contributed by atoms with Crippen LogP contribution in [0.3, 0.4) is 0 Å². The second kappa shape index (κ2) is 4.66. The minimum atomic E-state index is 0.155. The second-order valence-electron chi connectivity index (χ2n) is 4.59. The second-order valence-corrected chi connectivity index (χ2v) is 4.59. The number of carbonyl (C=O) groups is 1. The quantitative estimate of drug-likeness (QED) is 0.608. The maximum atomic E-state index is 12.2. The fourth-order valence-corrected chi connectivity index (χ4v) is 2.26. The van der Waals surface area contributed by atoms with Crippen LogP contribution in [0.25, 0.3) is 0 Å². The minimum Gasteiger partial charge on any atom is -0.399 e. The zero-order valence-corrected chi connectivity index (χ0v) is 9.65. The summed E-state index contributed by atoms with van der Waals surface area (Å²) < 4.78 is 0. The molecule has 0 saturated carbocycles. The van der Waals surface area contributed by atoms with Crippen LogP contribution in [0.5, 0.6) is 0 Å². The Labute approximate surface area is 96.2 Å².